The van der Waals surface area contributed by atoms with Crippen LogP contribution in [0.25, 0.3) is 0 Å². The van der Waals surface area contributed by atoms with Crippen LogP contribution in [0.2, 0.25) is 0 Å². The molecule has 0 saturated carbocycles. The average Bonchev–Trinajstić information content (AvgIpc) is 2.16. The highest BCUT2D eigenvalue weighted by Crippen LogP contribution is 2.06. The molecule has 1 aromatic rings. The summed E-state index contributed by atoms with van der Waals surface area (Å²) in [7, 11) is 0. The van der Waals surface area contributed by atoms with Crippen molar-refractivity contribution in [2.24, 2.45) is 0 Å². The minimum atomic E-state index is -0.933. The highest BCUT2D eigenvalue weighted by Gasteiger charge is 2.10. The lowest BCUT2D eigenvalue weighted by Crippen LogP contribution is -2.04. The summed E-state index contributed by atoms with van der Waals surface area (Å²) in [4.78, 5) is 24.6. The van der Waals surface area contributed by atoms with E-state index >= 15 is 0 Å². The first-order valence-electron chi connectivity index (χ1n) is 3.19. The highest BCUT2D eigenvalue weighted by molar-refractivity contribution is 5.97. The van der Waals surface area contributed by atoms with Gasteiger partial charge in [-0.15, -0.1) is 0 Å². The van der Waals surface area contributed by atoms with Gasteiger partial charge in [-0.3, -0.25) is 9.68 Å². The van der Waals surface area contributed by atoms with Gasteiger partial charge in [0.25, 0.3) is 0 Å². The van der Waals surface area contributed by atoms with Crippen LogP contribution in [0.5, 0.6) is 0 Å². The van der Waals surface area contributed by atoms with Gasteiger partial charge in [0.2, 0.25) is 0 Å². The molecule has 0 heterocycles. The second kappa shape index (κ2) is 3.64. The fraction of sp³-hybridized carbons (Fsp3) is 0. The lowest BCUT2D eigenvalue weighted by atomic mass is 10.1. The van der Waals surface area contributed by atoms with Crippen molar-refractivity contribution in [2.45, 2.75) is 0 Å². The van der Waals surface area contributed by atoms with E-state index in [0.29, 0.717) is 6.29 Å². The van der Waals surface area contributed by atoms with Gasteiger partial charge in [0.05, 0.1) is 5.56 Å². The molecule has 0 saturated heterocycles. The molecule has 0 amide bonds. The molecule has 0 unspecified atom stereocenters. The summed E-state index contributed by atoms with van der Waals surface area (Å²) in [5.41, 5.74) is 0.242. The van der Waals surface area contributed by atoms with E-state index in [0.717, 1.165) is 0 Å². The van der Waals surface area contributed by atoms with Crippen LogP contribution in [0.4, 0.5) is 0 Å². The molecule has 1 aromatic carbocycles. The summed E-state index contributed by atoms with van der Waals surface area (Å²) in [6.07, 6.45) is 0.520. The molecule has 0 fully saturated rings. The first kappa shape index (κ1) is 8.42. The quantitative estimate of drug-likeness (QED) is 0.406. The van der Waals surface area contributed by atoms with Crippen LogP contribution in [0.15, 0.2) is 24.3 Å². The zero-order valence-corrected chi connectivity index (χ0v) is 6.06. The first-order chi connectivity index (χ1) is 5.79. The lowest BCUT2D eigenvalue weighted by Gasteiger charge is -1.98. The van der Waals surface area contributed by atoms with Crippen LogP contribution < -0.4 is 0 Å². The van der Waals surface area contributed by atoms with E-state index in [1.807, 2.05) is 0 Å². The average molecular weight is 166 g/mol. The SMILES string of the molecule is O=Cc1ccccc1C(=O)OO. The second-order valence-corrected chi connectivity index (χ2v) is 2.08. The van der Waals surface area contributed by atoms with Crippen LogP contribution >= 0.6 is 0 Å². The van der Waals surface area contributed by atoms with Crippen LogP contribution in [-0.2, 0) is 4.89 Å². The topological polar surface area (TPSA) is 63.6 Å². The Balaban J connectivity index is 3.13. The standard InChI is InChI=1S/C8H6O4/c9-5-6-3-1-2-4-7(6)8(10)12-11/h1-5,11H. The van der Waals surface area contributed by atoms with Crippen LogP contribution in [-0.4, -0.2) is 17.5 Å². The van der Waals surface area contributed by atoms with Crippen molar-refractivity contribution in [1.29, 1.82) is 0 Å². The lowest BCUT2D eigenvalue weighted by molar-refractivity contribution is -0.182. The van der Waals surface area contributed by atoms with E-state index in [9.17, 15) is 9.59 Å². The minimum absolute atomic E-state index is 0.0509. The molecule has 0 aliphatic heterocycles. The van der Waals surface area contributed by atoms with Crippen molar-refractivity contribution in [2.75, 3.05) is 0 Å². The van der Waals surface area contributed by atoms with Crippen LogP contribution in [0.3, 0.4) is 0 Å². The number of hydrogen-bond acceptors (Lipinski definition) is 4. The third kappa shape index (κ3) is 1.49. The number of hydrogen-bond donors (Lipinski definition) is 1. The van der Waals surface area contributed by atoms with E-state index in [1.165, 1.54) is 12.1 Å². The Morgan fingerprint density at radius 3 is 2.67 bits per heavy atom. The van der Waals surface area contributed by atoms with E-state index in [4.69, 9.17) is 5.26 Å². The molecule has 0 aliphatic carbocycles. The molecule has 62 valence electrons. The van der Waals surface area contributed by atoms with E-state index in [1.54, 1.807) is 12.1 Å². The maximum Gasteiger partial charge on any atom is 0.373 e. The molecule has 0 atom stereocenters. The third-order valence-corrected chi connectivity index (χ3v) is 1.39. The predicted octanol–water partition coefficient (Wildman–Crippen LogP) is 1.13. The summed E-state index contributed by atoms with van der Waals surface area (Å²) in [6.45, 7) is 0. The molecule has 1 rings (SSSR count). The monoisotopic (exact) mass is 166 g/mol. The van der Waals surface area contributed by atoms with Gasteiger partial charge in [0, 0.05) is 5.56 Å². The minimum Gasteiger partial charge on any atom is -0.298 e. The van der Waals surface area contributed by atoms with Crippen molar-refractivity contribution in [3.63, 3.8) is 0 Å². The van der Waals surface area contributed by atoms with E-state index < -0.39 is 5.97 Å². The van der Waals surface area contributed by atoms with Gasteiger partial charge in [0.1, 0.15) is 0 Å². The van der Waals surface area contributed by atoms with E-state index in [-0.39, 0.29) is 11.1 Å². The first-order valence-corrected chi connectivity index (χ1v) is 3.19. The molecular formula is C8H6O4. The molecule has 0 bridgehead atoms. The van der Waals surface area contributed by atoms with Crippen molar-refractivity contribution in [1.82, 2.24) is 0 Å². The third-order valence-electron chi connectivity index (χ3n) is 1.39. The molecule has 4 nitrogen and oxygen atoms in total. The Morgan fingerprint density at radius 1 is 1.42 bits per heavy atom. The number of rotatable bonds is 2. The van der Waals surface area contributed by atoms with Crippen molar-refractivity contribution < 1.29 is 19.7 Å². The van der Waals surface area contributed by atoms with Crippen LogP contribution in [0, 0.1) is 0 Å². The molecule has 1 N–H and O–H groups in total. The Hall–Kier alpha value is -1.68. The fourth-order valence-electron chi connectivity index (χ4n) is 0.835. The van der Waals surface area contributed by atoms with Gasteiger partial charge < -0.3 is 0 Å². The van der Waals surface area contributed by atoms with Gasteiger partial charge in [-0.05, 0) is 6.07 Å². The van der Waals surface area contributed by atoms with Crippen molar-refractivity contribution in [3.05, 3.63) is 35.4 Å². The molecule has 0 radical (unpaired) electrons. The van der Waals surface area contributed by atoms with E-state index in [2.05, 4.69) is 4.89 Å². The summed E-state index contributed by atoms with van der Waals surface area (Å²) >= 11 is 0. The molecule has 4 heteroatoms. The normalized spacial score (nSPS) is 9.08. The molecule has 0 aromatic heterocycles. The molecule has 12 heavy (non-hydrogen) atoms. The summed E-state index contributed by atoms with van der Waals surface area (Å²) in [5.74, 6) is -0.933. The number of aldehydes is 1. The maximum atomic E-state index is 10.8. The molecule has 0 aliphatic rings. The highest BCUT2D eigenvalue weighted by atomic mass is 17.1. The fourth-order valence-corrected chi connectivity index (χ4v) is 0.835. The number of carbonyl (C=O) groups excluding carboxylic acids is 2. The Kier molecular flexibility index (Phi) is 2.55. The maximum absolute atomic E-state index is 10.8. The number of benzene rings is 1. The van der Waals surface area contributed by atoms with Gasteiger partial charge in [-0.2, -0.15) is 5.26 Å². The Labute approximate surface area is 68.3 Å². The summed E-state index contributed by atoms with van der Waals surface area (Å²) < 4.78 is 0. The summed E-state index contributed by atoms with van der Waals surface area (Å²) in [6, 6.07) is 6.03. The zero-order valence-electron chi connectivity index (χ0n) is 6.06. The zero-order chi connectivity index (χ0) is 8.97. The van der Waals surface area contributed by atoms with Crippen LogP contribution in [0.1, 0.15) is 20.7 Å². The van der Waals surface area contributed by atoms with Crippen molar-refractivity contribution in [3.8, 4) is 0 Å². The summed E-state index contributed by atoms with van der Waals surface area (Å²) in [5, 5.41) is 8.04. The number of carbonyl (C=O) groups is 2. The largest absolute Gasteiger partial charge is 0.373 e. The molecule has 0 spiro atoms. The van der Waals surface area contributed by atoms with Gasteiger partial charge in [-0.25, -0.2) is 4.79 Å². The predicted molar refractivity (Wildman–Crippen MR) is 39.9 cm³/mol. The van der Waals surface area contributed by atoms with Gasteiger partial charge in [0.15, 0.2) is 6.29 Å². The molecular weight excluding hydrogens is 160 g/mol. The Morgan fingerprint density at radius 2 is 2.08 bits per heavy atom. The van der Waals surface area contributed by atoms with Gasteiger partial charge in [-0.1, -0.05) is 18.2 Å². The Bertz CT molecular complexity index is 306. The second-order valence-electron chi connectivity index (χ2n) is 2.08. The van der Waals surface area contributed by atoms with Crippen molar-refractivity contribution >= 4 is 12.3 Å². The van der Waals surface area contributed by atoms with Gasteiger partial charge >= 0.3 is 5.97 Å². The smallest absolute Gasteiger partial charge is 0.298 e.